The number of hydrogen-bond acceptors (Lipinski definition) is 4. The van der Waals surface area contributed by atoms with Crippen LogP contribution < -0.4 is 0 Å². The molecule has 108 valence electrons. The van der Waals surface area contributed by atoms with Gasteiger partial charge in [-0.15, -0.1) is 12.6 Å². The minimum atomic E-state index is -3.71. The molecule has 21 heavy (non-hydrogen) atoms. The topological polar surface area (TPSA) is 71.4 Å². The van der Waals surface area contributed by atoms with Crippen LogP contribution in [0.1, 0.15) is 21.5 Å². The number of aryl methyl sites for hydroxylation is 2. The van der Waals surface area contributed by atoms with Crippen LogP contribution in [0.3, 0.4) is 0 Å². The second kappa shape index (κ2) is 4.89. The van der Waals surface area contributed by atoms with Crippen LogP contribution in [0.2, 0.25) is 0 Å². The Kier molecular flexibility index (Phi) is 3.30. The molecule has 0 saturated carbocycles. The monoisotopic (exact) mass is 320 g/mol. The van der Waals surface area contributed by atoms with Crippen molar-refractivity contribution in [3.63, 3.8) is 0 Å². The number of sulfone groups is 1. The van der Waals surface area contributed by atoms with Crippen LogP contribution in [-0.2, 0) is 22.7 Å². The average Bonchev–Trinajstić information content (AvgIpc) is 2.54. The number of carboxylic acids is 1. The maximum absolute atomic E-state index is 12.8. The van der Waals surface area contributed by atoms with Crippen molar-refractivity contribution < 1.29 is 18.3 Å². The van der Waals surface area contributed by atoms with E-state index in [1.54, 1.807) is 18.2 Å². The molecule has 1 aliphatic rings. The molecule has 0 aromatic heterocycles. The van der Waals surface area contributed by atoms with Crippen LogP contribution in [0, 0.1) is 0 Å². The first-order valence-electron chi connectivity index (χ1n) is 6.33. The number of carbonyl (C=O) groups is 1. The largest absolute Gasteiger partial charge is 0.478 e. The van der Waals surface area contributed by atoms with E-state index in [1.165, 1.54) is 18.2 Å². The minimum absolute atomic E-state index is 0.0217. The lowest BCUT2D eigenvalue weighted by atomic mass is 10.0. The van der Waals surface area contributed by atoms with Crippen molar-refractivity contribution in [2.24, 2.45) is 0 Å². The second-order valence-electron chi connectivity index (χ2n) is 4.92. The van der Waals surface area contributed by atoms with Crippen LogP contribution in [0.15, 0.2) is 51.1 Å². The van der Waals surface area contributed by atoms with Gasteiger partial charge in [-0.05, 0) is 54.3 Å². The molecular formula is C15H12O4S2. The maximum Gasteiger partial charge on any atom is 0.335 e. The highest BCUT2D eigenvalue weighted by Crippen LogP contribution is 2.33. The van der Waals surface area contributed by atoms with Gasteiger partial charge in [0.25, 0.3) is 0 Å². The number of hydrogen-bond donors (Lipinski definition) is 2. The molecule has 0 bridgehead atoms. The van der Waals surface area contributed by atoms with Gasteiger partial charge in [0.05, 0.1) is 15.4 Å². The van der Waals surface area contributed by atoms with Crippen molar-refractivity contribution in [1.82, 2.24) is 0 Å². The first-order chi connectivity index (χ1) is 9.89. The van der Waals surface area contributed by atoms with E-state index in [4.69, 9.17) is 5.11 Å². The van der Waals surface area contributed by atoms with Crippen LogP contribution in [-0.4, -0.2) is 19.5 Å². The summed E-state index contributed by atoms with van der Waals surface area (Å²) in [6, 6.07) is 9.19. The standard InChI is InChI=1S/C15H12O4S2/c16-15(17)11-4-2-9-1-3-10-7-12(20)5-6-13(10)21(18,19)14(9)8-11/h2,4-8,20H,1,3H2,(H,16,17). The highest BCUT2D eigenvalue weighted by molar-refractivity contribution is 7.91. The van der Waals surface area contributed by atoms with Gasteiger partial charge in [0.15, 0.2) is 0 Å². The fourth-order valence-corrected chi connectivity index (χ4v) is 4.57. The lowest BCUT2D eigenvalue weighted by molar-refractivity contribution is 0.0696. The van der Waals surface area contributed by atoms with E-state index < -0.39 is 15.8 Å². The molecular weight excluding hydrogens is 308 g/mol. The summed E-state index contributed by atoms with van der Waals surface area (Å²) in [6.07, 6.45) is 1.14. The molecule has 0 spiro atoms. The zero-order valence-electron chi connectivity index (χ0n) is 10.9. The van der Waals surface area contributed by atoms with Crippen molar-refractivity contribution in [3.05, 3.63) is 53.1 Å². The minimum Gasteiger partial charge on any atom is -0.478 e. The van der Waals surface area contributed by atoms with Gasteiger partial charge in [-0.2, -0.15) is 0 Å². The third-order valence-electron chi connectivity index (χ3n) is 3.60. The van der Waals surface area contributed by atoms with E-state index >= 15 is 0 Å². The van der Waals surface area contributed by atoms with Crippen molar-refractivity contribution in [1.29, 1.82) is 0 Å². The van der Waals surface area contributed by atoms with Crippen molar-refractivity contribution in [2.45, 2.75) is 27.5 Å². The van der Waals surface area contributed by atoms with Gasteiger partial charge in [0.1, 0.15) is 0 Å². The van der Waals surface area contributed by atoms with E-state index in [2.05, 4.69) is 12.6 Å². The lowest BCUT2D eigenvalue weighted by Gasteiger charge is -2.09. The lowest BCUT2D eigenvalue weighted by Crippen LogP contribution is -2.07. The molecule has 0 aliphatic carbocycles. The van der Waals surface area contributed by atoms with Crippen molar-refractivity contribution in [2.75, 3.05) is 0 Å². The van der Waals surface area contributed by atoms with Crippen molar-refractivity contribution in [3.8, 4) is 0 Å². The third-order valence-corrected chi connectivity index (χ3v) is 5.82. The Morgan fingerprint density at radius 1 is 1.00 bits per heavy atom. The summed E-state index contributed by atoms with van der Waals surface area (Å²) < 4.78 is 25.6. The molecule has 0 fully saturated rings. The molecule has 3 rings (SSSR count). The zero-order valence-corrected chi connectivity index (χ0v) is 12.6. The predicted octanol–water partition coefficient (Wildman–Crippen LogP) is 2.60. The number of benzene rings is 2. The van der Waals surface area contributed by atoms with Gasteiger partial charge in [-0.25, -0.2) is 13.2 Å². The summed E-state index contributed by atoms with van der Waals surface area (Å²) in [7, 11) is -3.71. The van der Waals surface area contributed by atoms with E-state index in [0.717, 1.165) is 5.56 Å². The molecule has 6 heteroatoms. The molecule has 2 aromatic rings. The summed E-state index contributed by atoms with van der Waals surface area (Å²) in [5.41, 5.74) is 1.35. The Hall–Kier alpha value is -1.79. The van der Waals surface area contributed by atoms with Crippen LogP contribution >= 0.6 is 12.6 Å². The van der Waals surface area contributed by atoms with Gasteiger partial charge in [0.2, 0.25) is 9.84 Å². The van der Waals surface area contributed by atoms with Crippen LogP contribution in [0.4, 0.5) is 0 Å². The number of thiol groups is 1. The first-order valence-corrected chi connectivity index (χ1v) is 8.26. The van der Waals surface area contributed by atoms with Gasteiger partial charge in [-0.1, -0.05) is 6.07 Å². The Morgan fingerprint density at radius 3 is 2.43 bits per heavy atom. The molecule has 0 radical (unpaired) electrons. The molecule has 0 atom stereocenters. The van der Waals surface area contributed by atoms with Gasteiger partial charge in [0, 0.05) is 4.90 Å². The SMILES string of the molecule is O=C(O)c1ccc2c(c1)S(=O)(=O)c1ccc(S)cc1CC2. The Balaban J connectivity index is 2.29. The van der Waals surface area contributed by atoms with E-state index in [1.807, 2.05) is 0 Å². The van der Waals surface area contributed by atoms with Gasteiger partial charge < -0.3 is 5.11 Å². The highest BCUT2D eigenvalue weighted by atomic mass is 32.2. The average molecular weight is 320 g/mol. The zero-order chi connectivity index (χ0) is 15.2. The second-order valence-corrected chi connectivity index (χ2v) is 7.33. The number of carboxylic acid groups (broad SMARTS) is 1. The van der Waals surface area contributed by atoms with Crippen molar-refractivity contribution >= 4 is 28.4 Å². The quantitative estimate of drug-likeness (QED) is 0.792. The fraction of sp³-hybridized carbons (Fsp3) is 0.133. The first kappa shape index (κ1) is 14.2. The summed E-state index contributed by atoms with van der Waals surface area (Å²) in [4.78, 5) is 12.1. The normalized spacial score (nSPS) is 15.7. The molecule has 4 nitrogen and oxygen atoms in total. The molecule has 1 aliphatic heterocycles. The number of rotatable bonds is 1. The van der Waals surface area contributed by atoms with Gasteiger partial charge in [-0.3, -0.25) is 0 Å². The fourth-order valence-electron chi connectivity index (χ4n) is 2.56. The molecule has 1 N–H and O–H groups in total. The third kappa shape index (κ3) is 2.34. The highest BCUT2D eigenvalue weighted by Gasteiger charge is 2.28. The van der Waals surface area contributed by atoms with E-state index in [9.17, 15) is 13.2 Å². The Labute approximate surface area is 127 Å². The smallest absolute Gasteiger partial charge is 0.335 e. The van der Waals surface area contributed by atoms with E-state index in [0.29, 0.717) is 23.3 Å². The molecule has 1 heterocycles. The maximum atomic E-state index is 12.8. The molecule has 0 unspecified atom stereocenters. The molecule has 0 amide bonds. The number of fused-ring (bicyclic) bond motifs is 2. The van der Waals surface area contributed by atoms with Gasteiger partial charge >= 0.3 is 5.97 Å². The van der Waals surface area contributed by atoms with E-state index in [-0.39, 0.29) is 15.4 Å². The van der Waals surface area contributed by atoms with Crippen LogP contribution in [0.25, 0.3) is 0 Å². The number of aromatic carboxylic acids is 1. The summed E-state index contributed by atoms with van der Waals surface area (Å²) in [6.45, 7) is 0. The predicted molar refractivity (Wildman–Crippen MR) is 80.0 cm³/mol. The Morgan fingerprint density at radius 2 is 1.71 bits per heavy atom. The molecule has 0 saturated heterocycles. The summed E-state index contributed by atoms with van der Waals surface area (Å²) in [5.74, 6) is -1.14. The molecule has 2 aromatic carbocycles. The summed E-state index contributed by atoms with van der Waals surface area (Å²) in [5, 5.41) is 9.05. The summed E-state index contributed by atoms with van der Waals surface area (Å²) >= 11 is 4.24. The Bertz CT molecular complexity index is 854. The van der Waals surface area contributed by atoms with Crippen LogP contribution in [0.5, 0.6) is 0 Å².